The van der Waals surface area contributed by atoms with Crippen LogP contribution in [0.4, 0.5) is 5.69 Å². The summed E-state index contributed by atoms with van der Waals surface area (Å²) in [5.74, 6) is 0.982. The summed E-state index contributed by atoms with van der Waals surface area (Å²) in [6.07, 6.45) is 0.363. The van der Waals surface area contributed by atoms with Gasteiger partial charge in [-0.2, -0.15) is 5.10 Å². The predicted octanol–water partition coefficient (Wildman–Crippen LogP) is 4.46. The van der Waals surface area contributed by atoms with Crippen LogP contribution in [0.25, 0.3) is 0 Å². The fourth-order valence-electron chi connectivity index (χ4n) is 2.85. The van der Waals surface area contributed by atoms with Gasteiger partial charge in [-0.05, 0) is 43.4 Å². The van der Waals surface area contributed by atoms with E-state index in [1.54, 1.807) is 0 Å². The molecule has 4 heteroatoms. The number of anilines is 1. The molecule has 1 aromatic heterocycles. The number of hydrogen-bond donors (Lipinski definition) is 1. The summed E-state index contributed by atoms with van der Waals surface area (Å²) in [6.45, 7) is 13.5. The minimum Gasteiger partial charge on any atom is -0.326 e. The predicted molar refractivity (Wildman–Crippen MR) is 99.4 cm³/mol. The maximum Gasteiger partial charge on any atom is 0.228 e. The molecule has 1 aromatic carbocycles. The molecule has 0 aliphatic carbocycles. The van der Waals surface area contributed by atoms with Gasteiger partial charge in [-0.3, -0.25) is 9.48 Å². The van der Waals surface area contributed by atoms with E-state index >= 15 is 0 Å². The average Bonchev–Trinajstić information content (AvgIpc) is 2.74. The zero-order chi connectivity index (χ0) is 17.9. The lowest BCUT2D eigenvalue weighted by Gasteiger charge is -2.10. The van der Waals surface area contributed by atoms with Gasteiger partial charge in [0.05, 0.1) is 12.1 Å². The molecule has 1 amide bonds. The van der Waals surface area contributed by atoms with Crippen LogP contribution in [0.1, 0.15) is 56.1 Å². The number of aromatic nitrogens is 2. The standard InChI is InChI=1S/C20H29N3O/c1-13(2)12-23-16(6)19(15(5)22-23)11-20(24)21-18-9-7-8-17(10-18)14(3)4/h7-10,13-14H,11-12H2,1-6H3,(H,21,24). The molecule has 0 unspecified atom stereocenters. The molecule has 0 spiro atoms. The van der Waals surface area contributed by atoms with Crippen LogP contribution < -0.4 is 5.32 Å². The minimum absolute atomic E-state index is 0.00574. The van der Waals surface area contributed by atoms with E-state index in [-0.39, 0.29) is 5.91 Å². The van der Waals surface area contributed by atoms with Gasteiger partial charge >= 0.3 is 0 Å². The molecule has 130 valence electrons. The topological polar surface area (TPSA) is 46.9 Å². The highest BCUT2D eigenvalue weighted by molar-refractivity contribution is 5.92. The van der Waals surface area contributed by atoms with Gasteiger partial charge in [0.15, 0.2) is 0 Å². The molecule has 1 N–H and O–H groups in total. The third kappa shape index (κ3) is 4.47. The van der Waals surface area contributed by atoms with Crippen molar-refractivity contribution in [1.82, 2.24) is 9.78 Å². The van der Waals surface area contributed by atoms with Crippen LogP contribution >= 0.6 is 0 Å². The van der Waals surface area contributed by atoms with Crippen molar-refractivity contribution in [2.75, 3.05) is 5.32 Å². The Bertz CT molecular complexity index is 714. The lowest BCUT2D eigenvalue weighted by Crippen LogP contribution is -2.16. The first-order chi connectivity index (χ1) is 11.3. The van der Waals surface area contributed by atoms with Crippen molar-refractivity contribution >= 4 is 11.6 Å². The molecule has 4 nitrogen and oxygen atoms in total. The van der Waals surface area contributed by atoms with Crippen molar-refractivity contribution in [3.8, 4) is 0 Å². The Hall–Kier alpha value is -2.10. The molecule has 0 radical (unpaired) electrons. The van der Waals surface area contributed by atoms with Crippen molar-refractivity contribution in [2.24, 2.45) is 5.92 Å². The number of aryl methyl sites for hydroxylation is 1. The molecule has 2 rings (SSSR count). The van der Waals surface area contributed by atoms with Crippen LogP contribution in [0.15, 0.2) is 24.3 Å². The quantitative estimate of drug-likeness (QED) is 0.851. The molecule has 2 aromatic rings. The summed E-state index contributed by atoms with van der Waals surface area (Å²) >= 11 is 0. The lowest BCUT2D eigenvalue weighted by atomic mass is 10.0. The summed E-state index contributed by atoms with van der Waals surface area (Å²) in [5.41, 5.74) is 5.15. The normalized spacial score (nSPS) is 11.3. The number of amides is 1. The molecule has 0 bridgehead atoms. The number of carbonyl (C=O) groups excluding carboxylic acids is 1. The number of nitrogens with one attached hydrogen (secondary N) is 1. The molecule has 0 saturated heterocycles. The van der Waals surface area contributed by atoms with Gasteiger partial charge in [-0.1, -0.05) is 39.8 Å². The van der Waals surface area contributed by atoms with E-state index in [4.69, 9.17) is 0 Å². The van der Waals surface area contributed by atoms with Crippen molar-refractivity contribution in [2.45, 2.75) is 60.4 Å². The van der Waals surface area contributed by atoms with E-state index in [1.807, 2.05) is 36.7 Å². The smallest absolute Gasteiger partial charge is 0.228 e. The van der Waals surface area contributed by atoms with Crippen molar-refractivity contribution in [3.05, 3.63) is 46.8 Å². The van der Waals surface area contributed by atoms with E-state index in [0.717, 1.165) is 29.2 Å². The van der Waals surface area contributed by atoms with Gasteiger partial charge in [-0.25, -0.2) is 0 Å². The Morgan fingerprint density at radius 1 is 1.21 bits per heavy atom. The van der Waals surface area contributed by atoms with Crippen LogP contribution in [-0.2, 0) is 17.8 Å². The third-order valence-corrected chi connectivity index (χ3v) is 4.24. The first kappa shape index (κ1) is 18.2. The second kappa shape index (κ2) is 7.65. The van der Waals surface area contributed by atoms with Gasteiger partial charge < -0.3 is 5.32 Å². The van der Waals surface area contributed by atoms with E-state index in [2.05, 4.69) is 44.2 Å². The number of nitrogens with zero attached hydrogens (tertiary/aromatic N) is 2. The Kier molecular flexibility index (Phi) is 5.81. The van der Waals surface area contributed by atoms with Crippen LogP contribution in [0.5, 0.6) is 0 Å². The van der Waals surface area contributed by atoms with Gasteiger partial charge in [0, 0.05) is 23.5 Å². The van der Waals surface area contributed by atoms with Crippen LogP contribution in [0.3, 0.4) is 0 Å². The SMILES string of the molecule is Cc1nn(CC(C)C)c(C)c1CC(=O)Nc1cccc(C(C)C)c1. The Morgan fingerprint density at radius 2 is 1.92 bits per heavy atom. The Morgan fingerprint density at radius 3 is 2.54 bits per heavy atom. The molecule has 0 fully saturated rings. The monoisotopic (exact) mass is 327 g/mol. The fourth-order valence-corrected chi connectivity index (χ4v) is 2.85. The van der Waals surface area contributed by atoms with Crippen LogP contribution in [0.2, 0.25) is 0 Å². The molecule has 0 aliphatic rings. The molecule has 0 aliphatic heterocycles. The maximum absolute atomic E-state index is 12.5. The molecule has 1 heterocycles. The summed E-state index contributed by atoms with van der Waals surface area (Å²) in [5, 5.41) is 7.60. The highest BCUT2D eigenvalue weighted by atomic mass is 16.1. The van der Waals surface area contributed by atoms with Crippen molar-refractivity contribution in [1.29, 1.82) is 0 Å². The second-order valence-electron chi connectivity index (χ2n) is 7.23. The largest absolute Gasteiger partial charge is 0.326 e. The number of rotatable bonds is 6. The molecule has 0 atom stereocenters. The van der Waals surface area contributed by atoms with E-state index in [1.165, 1.54) is 5.56 Å². The van der Waals surface area contributed by atoms with E-state index in [9.17, 15) is 4.79 Å². The summed E-state index contributed by atoms with van der Waals surface area (Å²) in [7, 11) is 0. The zero-order valence-corrected chi connectivity index (χ0v) is 15.7. The maximum atomic E-state index is 12.5. The molecule has 24 heavy (non-hydrogen) atoms. The second-order valence-corrected chi connectivity index (χ2v) is 7.23. The lowest BCUT2D eigenvalue weighted by molar-refractivity contribution is -0.115. The van der Waals surface area contributed by atoms with Gasteiger partial charge in [0.1, 0.15) is 0 Å². The number of benzene rings is 1. The highest BCUT2D eigenvalue weighted by Crippen LogP contribution is 2.20. The summed E-state index contributed by atoms with van der Waals surface area (Å²) in [4.78, 5) is 12.5. The van der Waals surface area contributed by atoms with Crippen molar-refractivity contribution in [3.63, 3.8) is 0 Å². The van der Waals surface area contributed by atoms with E-state index < -0.39 is 0 Å². The summed E-state index contributed by atoms with van der Waals surface area (Å²) < 4.78 is 2.02. The van der Waals surface area contributed by atoms with Gasteiger partial charge in [0.2, 0.25) is 5.91 Å². The number of carbonyl (C=O) groups is 1. The molecular formula is C20H29N3O. The van der Waals surface area contributed by atoms with Gasteiger partial charge in [0.25, 0.3) is 0 Å². The Balaban J connectivity index is 2.10. The number of hydrogen-bond acceptors (Lipinski definition) is 2. The van der Waals surface area contributed by atoms with Crippen LogP contribution in [-0.4, -0.2) is 15.7 Å². The first-order valence-corrected chi connectivity index (χ1v) is 8.70. The molecular weight excluding hydrogens is 298 g/mol. The zero-order valence-electron chi connectivity index (χ0n) is 15.7. The van der Waals surface area contributed by atoms with Gasteiger partial charge in [-0.15, -0.1) is 0 Å². The van der Waals surface area contributed by atoms with Crippen molar-refractivity contribution < 1.29 is 4.79 Å². The Labute approximate surface area is 145 Å². The fraction of sp³-hybridized carbons (Fsp3) is 0.500. The first-order valence-electron chi connectivity index (χ1n) is 8.70. The van der Waals surface area contributed by atoms with Crippen LogP contribution in [0, 0.1) is 19.8 Å². The molecule has 0 saturated carbocycles. The highest BCUT2D eigenvalue weighted by Gasteiger charge is 2.16. The third-order valence-electron chi connectivity index (χ3n) is 4.24. The summed E-state index contributed by atoms with van der Waals surface area (Å²) in [6, 6.07) is 8.06. The minimum atomic E-state index is 0.00574. The average molecular weight is 327 g/mol. The van der Waals surface area contributed by atoms with E-state index in [0.29, 0.717) is 18.3 Å².